The molecule has 1 aliphatic rings. The van der Waals surface area contributed by atoms with Crippen molar-refractivity contribution in [2.45, 2.75) is 70.5 Å². The number of ether oxygens (including phenoxy) is 1. The molecule has 1 aliphatic heterocycles. The number of aromatic nitrogens is 5. The molecule has 13 heteroatoms. The number of aryl methyl sites for hydroxylation is 3. The highest BCUT2D eigenvalue weighted by Gasteiger charge is 2.35. The first kappa shape index (κ1) is 30.8. The summed E-state index contributed by atoms with van der Waals surface area (Å²) in [4.78, 5) is 17.7. The van der Waals surface area contributed by atoms with E-state index in [9.17, 15) is 13.2 Å². The lowest BCUT2D eigenvalue weighted by molar-refractivity contribution is -0.116. The van der Waals surface area contributed by atoms with Crippen molar-refractivity contribution in [1.82, 2.24) is 28.7 Å². The number of sulfonamides is 1. The Hall–Kier alpha value is -4.20. The van der Waals surface area contributed by atoms with Gasteiger partial charge in [-0.15, -0.1) is 5.10 Å². The van der Waals surface area contributed by atoms with Crippen molar-refractivity contribution >= 4 is 44.2 Å². The second-order valence-electron chi connectivity index (χ2n) is 11.2. The third kappa shape index (κ3) is 6.07. The molecule has 234 valence electrons. The molecule has 2 aromatic carbocycles. The standard InChI is InChI=1S/C32H35N7O4S2/c1-5-25-18-38(45(41,42)29-8-7-13-33-32(29)43-25)17-23-14-22(10-9-20(23)3)27(15-30(40)35-24-16-34-44-19-24)26-11-12-28-31(21(26)4)36-37-39(28)6-2/h7-14,16,19,25,27H,5-6,15,17-18H2,1-4H3,(H,35,40)/t25-,27+/m1/s1. The molecule has 0 spiro atoms. The van der Waals surface area contributed by atoms with E-state index in [4.69, 9.17) is 4.74 Å². The number of carbonyl (C=O) groups excluding carboxylic acids is 1. The molecule has 3 aromatic heterocycles. The first-order chi connectivity index (χ1) is 21.7. The van der Waals surface area contributed by atoms with E-state index in [-0.39, 0.29) is 48.2 Å². The van der Waals surface area contributed by atoms with Gasteiger partial charge in [-0.25, -0.2) is 18.1 Å². The summed E-state index contributed by atoms with van der Waals surface area (Å²) < 4.78 is 41.2. The van der Waals surface area contributed by atoms with E-state index in [2.05, 4.69) is 25.0 Å². The molecule has 0 radical (unpaired) electrons. The quantitative estimate of drug-likeness (QED) is 0.224. The van der Waals surface area contributed by atoms with Crippen LogP contribution < -0.4 is 10.1 Å². The van der Waals surface area contributed by atoms with Gasteiger partial charge in [0.1, 0.15) is 16.5 Å². The molecular weight excluding hydrogens is 611 g/mol. The van der Waals surface area contributed by atoms with Gasteiger partial charge in [-0.05, 0) is 84.7 Å². The molecule has 6 rings (SSSR count). The molecule has 4 heterocycles. The lowest BCUT2D eigenvalue weighted by Gasteiger charge is -2.25. The van der Waals surface area contributed by atoms with Gasteiger partial charge in [0.2, 0.25) is 21.8 Å². The Kier molecular flexibility index (Phi) is 8.67. The second kappa shape index (κ2) is 12.7. The van der Waals surface area contributed by atoms with Crippen LogP contribution in [0.25, 0.3) is 11.0 Å². The highest BCUT2D eigenvalue weighted by atomic mass is 32.2. The van der Waals surface area contributed by atoms with Gasteiger partial charge in [0.05, 0.1) is 23.9 Å². The molecule has 2 atom stereocenters. The number of fused-ring (bicyclic) bond motifs is 2. The number of pyridine rings is 1. The largest absolute Gasteiger partial charge is 0.472 e. The fraction of sp³-hybridized carbons (Fsp3) is 0.344. The van der Waals surface area contributed by atoms with Crippen molar-refractivity contribution in [1.29, 1.82) is 0 Å². The lowest BCUT2D eigenvalue weighted by Crippen LogP contribution is -2.36. The van der Waals surface area contributed by atoms with E-state index in [0.29, 0.717) is 18.7 Å². The van der Waals surface area contributed by atoms with Gasteiger partial charge in [-0.1, -0.05) is 36.4 Å². The first-order valence-electron chi connectivity index (χ1n) is 14.9. The number of hydrogen-bond donors (Lipinski definition) is 1. The predicted molar refractivity (Wildman–Crippen MR) is 173 cm³/mol. The molecule has 1 N–H and O–H groups in total. The molecule has 0 bridgehead atoms. The molecule has 0 saturated carbocycles. The van der Waals surface area contributed by atoms with Gasteiger partial charge in [0.25, 0.3) is 0 Å². The molecule has 0 unspecified atom stereocenters. The van der Waals surface area contributed by atoms with E-state index >= 15 is 0 Å². The Bertz CT molecular complexity index is 1960. The Morgan fingerprint density at radius 3 is 2.78 bits per heavy atom. The average Bonchev–Trinajstić information content (AvgIpc) is 3.68. The van der Waals surface area contributed by atoms with Crippen LogP contribution in [0.1, 0.15) is 60.4 Å². The fourth-order valence-electron chi connectivity index (χ4n) is 5.82. The number of benzene rings is 2. The van der Waals surface area contributed by atoms with Crippen LogP contribution in [0.15, 0.2) is 65.1 Å². The number of nitrogens with one attached hydrogen (secondary N) is 1. The van der Waals surface area contributed by atoms with Crippen molar-refractivity contribution in [3.8, 4) is 5.88 Å². The van der Waals surface area contributed by atoms with Crippen LogP contribution in [-0.4, -0.2) is 55.6 Å². The van der Waals surface area contributed by atoms with Gasteiger partial charge in [0.15, 0.2) is 0 Å². The monoisotopic (exact) mass is 645 g/mol. The highest BCUT2D eigenvalue weighted by molar-refractivity contribution is 7.89. The first-order valence-corrected chi connectivity index (χ1v) is 17.2. The highest BCUT2D eigenvalue weighted by Crippen LogP contribution is 2.36. The van der Waals surface area contributed by atoms with Crippen LogP contribution in [-0.2, 0) is 27.9 Å². The summed E-state index contributed by atoms with van der Waals surface area (Å²) >= 11 is 1.27. The summed E-state index contributed by atoms with van der Waals surface area (Å²) in [7, 11) is -3.88. The minimum Gasteiger partial charge on any atom is -0.472 e. The van der Waals surface area contributed by atoms with Crippen molar-refractivity contribution in [2.75, 3.05) is 11.9 Å². The summed E-state index contributed by atoms with van der Waals surface area (Å²) in [5.74, 6) is -0.347. The molecule has 5 aromatic rings. The number of carbonyl (C=O) groups is 1. The Labute approximate surface area is 266 Å². The molecular formula is C32H35N7O4S2. The Morgan fingerprint density at radius 2 is 2.02 bits per heavy atom. The summed E-state index contributed by atoms with van der Waals surface area (Å²) in [6.45, 7) is 9.01. The normalized spacial score (nSPS) is 16.9. The second-order valence-corrected chi connectivity index (χ2v) is 13.8. The van der Waals surface area contributed by atoms with Crippen LogP contribution in [0.2, 0.25) is 0 Å². The van der Waals surface area contributed by atoms with Gasteiger partial charge in [-0.2, -0.15) is 8.68 Å². The van der Waals surface area contributed by atoms with E-state index in [1.807, 2.05) is 62.7 Å². The maximum atomic E-state index is 13.9. The number of amides is 1. The van der Waals surface area contributed by atoms with E-state index in [0.717, 1.165) is 38.9 Å². The fourth-order valence-corrected chi connectivity index (χ4v) is 7.81. The number of rotatable bonds is 9. The lowest BCUT2D eigenvalue weighted by atomic mass is 9.84. The third-order valence-corrected chi connectivity index (χ3v) is 10.8. The zero-order chi connectivity index (χ0) is 31.7. The molecule has 45 heavy (non-hydrogen) atoms. The minimum absolute atomic E-state index is 0.0660. The van der Waals surface area contributed by atoms with Gasteiger partial charge in [-0.3, -0.25) is 4.79 Å². The topological polar surface area (TPSA) is 132 Å². The van der Waals surface area contributed by atoms with Crippen LogP contribution in [0.3, 0.4) is 0 Å². The molecule has 11 nitrogen and oxygen atoms in total. The van der Waals surface area contributed by atoms with Gasteiger partial charge in [0, 0.05) is 37.0 Å². The van der Waals surface area contributed by atoms with Crippen LogP contribution in [0, 0.1) is 13.8 Å². The predicted octanol–water partition coefficient (Wildman–Crippen LogP) is 5.44. The van der Waals surface area contributed by atoms with Crippen molar-refractivity contribution in [3.05, 3.63) is 88.1 Å². The summed E-state index contributed by atoms with van der Waals surface area (Å²) in [5, 5.41) is 13.5. The summed E-state index contributed by atoms with van der Waals surface area (Å²) in [6.07, 6.45) is 3.62. The third-order valence-electron chi connectivity index (χ3n) is 8.38. The number of nitrogens with zero attached hydrogens (tertiary/aromatic N) is 6. The molecule has 0 fully saturated rings. The SMILES string of the molecule is CC[C@@H]1CN(Cc2cc([C@H](CC(=O)Nc3cnsc3)c3ccc4c(nnn4CC)c3C)ccc2C)S(=O)(=O)c2cccnc2O1. The van der Waals surface area contributed by atoms with Crippen molar-refractivity contribution < 1.29 is 17.9 Å². The van der Waals surface area contributed by atoms with Gasteiger partial charge >= 0.3 is 0 Å². The van der Waals surface area contributed by atoms with E-state index in [1.54, 1.807) is 17.6 Å². The maximum Gasteiger partial charge on any atom is 0.248 e. The summed E-state index contributed by atoms with van der Waals surface area (Å²) in [6, 6.07) is 13.2. The van der Waals surface area contributed by atoms with E-state index in [1.165, 1.54) is 28.1 Å². The van der Waals surface area contributed by atoms with Crippen molar-refractivity contribution in [3.63, 3.8) is 0 Å². The van der Waals surface area contributed by atoms with E-state index < -0.39 is 10.0 Å². The number of hydrogen-bond acceptors (Lipinski definition) is 9. The Morgan fingerprint density at radius 1 is 1.18 bits per heavy atom. The molecule has 0 saturated heterocycles. The Balaban J connectivity index is 1.40. The van der Waals surface area contributed by atoms with Crippen molar-refractivity contribution in [2.24, 2.45) is 0 Å². The van der Waals surface area contributed by atoms with Gasteiger partial charge < -0.3 is 10.1 Å². The molecule has 1 amide bonds. The minimum atomic E-state index is -3.88. The van der Waals surface area contributed by atoms with Crippen LogP contribution in [0.4, 0.5) is 5.69 Å². The molecule has 0 aliphatic carbocycles. The maximum absolute atomic E-state index is 13.9. The number of anilines is 1. The average molecular weight is 646 g/mol. The zero-order valence-corrected chi connectivity index (χ0v) is 27.2. The smallest absolute Gasteiger partial charge is 0.248 e. The van der Waals surface area contributed by atoms with Crippen LogP contribution in [0.5, 0.6) is 5.88 Å². The zero-order valence-electron chi connectivity index (χ0n) is 25.6. The summed E-state index contributed by atoms with van der Waals surface area (Å²) in [5.41, 5.74) is 6.99. The van der Waals surface area contributed by atoms with Crippen LogP contribution >= 0.6 is 11.5 Å².